The number of rotatable bonds is 2. The van der Waals surface area contributed by atoms with Crippen LogP contribution >= 0.6 is 0 Å². The van der Waals surface area contributed by atoms with Crippen LogP contribution in [-0.4, -0.2) is 12.0 Å². The molecule has 0 aromatic rings. The van der Waals surface area contributed by atoms with Crippen molar-refractivity contribution in [1.29, 1.82) is 0 Å². The molecular weight excluding hydrogens is 150 g/mol. The highest BCUT2D eigenvalue weighted by Gasteiger charge is 2.18. The van der Waals surface area contributed by atoms with E-state index in [0.29, 0.717) is 6.04 Å². The molecule has 3 heteroatoms. The number of aliphatic imine (C=N–C) groups is 1. The fourth-order valence-electron chi connectivity index (χ4n) is 1.89. The van der Waals surface area contributed by atoms with Crippen molar-refractivity contribution in [2.75, 3.05) is 0 Å². The molecule has 3 nitrogen and oxygen atoms in total. The Morgan fingerprint density at radius 2 is 1.83 bits per heavy atom. The van der Waals surface area contributed by atoms with Crippen LogP contribution in [0.3, 0.4) is 0 Å². The zero-order valence-corrected chi connectivity index (χ0v) is 7.79. The maximum Gasteiger partial charge on any atom is 0.186 e. The molecular formula is C9H19N3. The summed E-state index contributed by atoms with van der Waals surface area (Å²) < 4.78 is 0. The molecule has 0 bridgehead atoms. The van der Waals surface area contributed by atoms with Gasteiger partial charge < -0.3 is 11.5 Å². The number of nitrogens with zero attached hydrogens (tertiary/aromatic N) is 1. The lowest BCUT2D eigenvalue weighted by Gasteiger charge is -2.25. The highest BCUT2D eigenvalue weighted by atomic mass is 15.0. The van der Waals surface area contributed by atoms with E-state index in [0.717, 1.165) is 18.8 Å². The molecule has 0 atom stereocenters. The van der Waals surface area contributed by atoms with Crippen LogP contribution in [0.25, 0.3) is 0 Å². The van der Waals surface area contributed by atoms with Crippen LogP contribution in [0.1, 0.15) is 39.0 Å². The van der Waals surface area contributed by atoms with Gasteiger partial charge in [0.25, 0.3) is 0 Å². The van der Waals surface area contributed by atoms with Crippen molar-refractivity contribution in [2.24, 2.45) is 22.4 Å². The number of hydrogen-bond donors (Lipinski definition) is 2. The van der Waals surface area contributed by atoms with Gasteiger partial charge in [0.05, 0.1) is 6.04 Å². The second kappa shape index (κ2) is 4.33. The lowest BCUT2D eigenvalue weighted by atomic mass is 9.85. The standard InChI is InChI=1S/C9H19N3/c1-2-7-3-5-8(6-4-7)12-9(10)11/h7-8H,2-6H2,1H3,(H4,10,11,12). The Morgan fingerprint density at radius 1 is 1.25 bits per heavy atom. The van der Waals surface area contributed by atoms with Crippen LogP contribution in [0.15, 0.2) is 4.99 Å². The molecule has 1 saturated carbocycles. The molecule has 12 heavy (non-hydrogen) atoms. The summed E-state index contributed by atoms with van der Waals surface area (Å²) in [4.78, 5) is 4.18. The first-order valence-electron chi connectivity index (χ1n) is 4.81. The van der Waals surface area contributed by atoms with Gasteiger partial charge in [0.2, 0.25) is 0 Å². The van der Waals surface area contributed by atoms with E-state index in [1.54, 1.807) is 0 Å². The SMILES string of the molecule is CCC1CCC(N=C(N)N)CC1. The maximum absolute atomic E-state index is 5.32. The van der Waals surface area contributed by atoms with Gasteiger partial charge in [-0.2, -0.15) is 0 Å². The average Bonchev–Trinajstić information content (AvgIpc) is 2.05. The van der Waals surface area contributed by atoms with E-state index in [1.165, 1.54) is 19.3 Å². The molecule has 0 aromatic carbocycles. The van der Waals surface area contributed by atoms with E-state index >= 15 is 0 Å². The molecule has 0 heterocycles. The molecule has 0 spiro atoms. The van der Waals surface area contributed by atoms with Gasteiger partial charge in [0.15, 0.2) is 5.96 Å². The van der Waals surface area contributed by atoms with Crippen molar-refractivity contribution in [3.8, 4) is 0 Å². The Bertz CT molecular complexity index is 153. The van der Waals surface area contributed by atoms with E-state index in [-0.39, 0.29) is 5.96 Å². The first kappa shape index (κ1) is 9.36. The van der Waals surface area contributed by atoms with E-state index in [1.807, 2.05) is 0 Å². The highest BCUT2D eigenvalue weighted by Crippen LogP contribution is 2.27. The first-order valence-corrected chi connectivity index (χ1v) is 4.81. The lowest BCUT2D eigenvalue weighted by molar-refractivity contribution is 0.320. The largest absolute Gasteiger partial charge is 0.370 e. The van der Waals surface area contributed by atoms with Crippen LogP contribution in [0.5, 0.6) is 0 Å². The van der Waals surface area contributed by atoms with Crippen molar-refractivity contribution in [2.45, 2.75) is 45.1 Å². The Hall–Kier alpha value is -0.730. The van der Waals surface area contributed by atoms with Gasteiger partial charge in [-0.25, -0.2) is 0 Å². The Balaban J connectivity index is 2.31. The Kier molecular flexibility index (Phi) is 3.38. The zero-order valence-electron chi connectivity index (χ0n) is 7.79. The van der Waals surface area contributed by atoms with Gasteiger partial charge in [-0.05, 0) is 31.6 Å². The summed E-state index contributed by atoms with van der Waals surface area (Å²) in [6.45, 7) is 2.26. The second-order valence-corrected chi connectivity index (χ2v) is 3.64. The maximum atomic E-state index is 5.32. The van der Waals surface area contributed by atoms with Crippen molar-refractivity contribution in [3.05, 3.63) is 0 Å². The Labute approximate surface area is 74.2 Å². The van der Waals surface area contributed by atoms with Gasteiger partial charge in [-0.3, -0.25) is 4.99 Å². The molecule has 0 amide bonds. The number of guanidine groups is 1. The van der Waals surface area contributed by atoms with Crippen molar-refractivity contribution in [1.82, 2.24) is 0 Å². The number of nitrogens with two attached hydrogens (primary N) is 2. The van der Waals surface area contributed by atoms with Gasteiger partial charge in [0, 0.05) is 0 Å². The normalized spacial score (nSPS) is 29.8. The van der Waals surface area contributed by atoms with E-state index < -0.39 is 0 Å². The third-order valence-electron chi connectivity index (χ3n) is 2.73. The minimum atomic E-state index is 0.245. The molecule has 0 unspecified atom stereocenters. The fourth-order valence-corrected chi connectivity index (χ4v) is 1.89. The Morgan fingerprint density at radius 3 is 2.25 bits per heavy atom. The molecule has 0 aliphatic heterocycles. The molecule has 4 N–H and O–H groups in total. The predicted molar refractivity (Wildman–Crippen MR) is 51.8 cm³/mol. The summed E-state index contributed by atoms with van der Waals surface area (Å²) in [5.41, 5.74) is 10.6. The van der Waals surface area contributed by atoms with Crippen LogP contribution in [0, 0.1) is 5.92 Å². The third kappa shape index (κ3) is 2.72. The van der Waals surface area contributed by atoms with Gasteiger partial charge in [0.1, 0.15) is 0 Å². The topological polar surface area (TPSA) is 64.4 Å². The smallest absolute Gasteiger partial charge is 0.186 e. The summed E-state index contributed by atoms with van der Waals surface area (Å²) >= 11 is 0. The molecule has 0 saturated heterocycles. The van der Waals surface area contributed by atoms with E-state index in [4.69, 9.17) is 11.5 Å². The fraction of sp³-hybridized carbons (Fsp3) is 0.889. The van der Waals surface area contributed by atoms with Crippen LogP contribution in [0.4, 0.5) is 0 Å². The van der Waals surface area contributed by atoms with Gasteiger partial charge >= 0.3 is 0 Å². The minimum absolute atomic E-state index is 0.245. The first-order chi connectivity index (χ1) is 5.72. The predicted octanol–water partition coefficient (Wildman–Crippen LogP) is 1.23. The van der Waals surface area contributed by atoms with Gasteiger partial charge in [-0.15, -0.1) is 0 Å². The van der Waals surface area contributed by atoms with E-state index in [2.05, 4.69) is 11.9 Å². The molecule has 1 rings (SSSR count). The second-order valence-electron chi connectivity index (χ2n) is 3.64. The molecule has 1 fully saturated rings. The highest BCUT2D eigenvalue weighted by molar-refractivity contribution is 5.75. The molecule has 0 radical (unpaired) electrons. The zero-order chi connectivity index (χ0) is 8.97. The molecule has 1 aliphatic rings. The van der Waals surface area contributed by atoms with Crippen molar-refractivity contribution >= 4 is 5.96 Å². The summed E-state index contributed by atoms with van der Waals surface area (Å²) in [6, 6.07) is 0.401. The summed E-state index contributed by atoms with van der Waals surface area (Å²) in [7, 11) is 0. The summed E-state index contributed by atoms with van der Waals surface area (Å²) in [6.07, 6.45) is 6.21. The molecule has 70 valence electrons. The van der Waals surface area contributed by atoms with Crippen LogP contribution in [-0.2, 0) is 0 Å². The summed E-state index contributed by atoms with van der Waals surface area (Å²) in [5.74, 6) is 1.16. The monoisotopic (exact) mass is 169 g/mol. The average molecular weight is 169 g/mol. The molecule has 1 aliphatic carbocycles. The van der Waals surface area contributed by atoms with Crippen molar-refractivity contribution in [3.63, 3.8) is 0 Å². The van der Waals surface area contributed by atoms with Gasteiger partial charge in [-0.1, -0.05) is 13.3 Å². The van der Waals surface area contributed by atoms with Crippen molar-refractivity contribution < 1.29 is 0 Å². The summed E-state index contributed by atoms with van der Waals surface area (Å²) in [5, 5.41) is 0. The number of hydrogen-bond acceptors (Lipinski definition) is 1. The van der Waals surface area contributed by atoms with E-state index in [9.17, 15) is 0 Å². The van der Waals surface area contributed by atoms with Crippen LogP contribution in [0.2, 0.25) is 0 Å². The third-order valence-corrected chi connectivity index (χ3v) is 2.73. The quantitative estimate of drug-likeness (QED) is 0.482. The minimum Gasteiger partial charge on any atom is -0.370 e. The van der Waals surface area contributed by atoms with Crippen LogP contribution < -0.4 is 11.5 Å². The molecule has 0 aromatic heterocycles. The lowest BCUT2D eigenvalue weighted by Crippen LogP contribution is -2.27.